The number of ether oxygens (including phenoxy) is 1. The van der Waals surface area contributed by atoms with E-state index < -0.39 is 0 Å². The second-order valence-corrected chi connectivity index (χ2v) is 4.80. The minimum Gasteiger partial charge on any atom is -0.489 e. The fraction of sp³-hybridized carbons (Fsp3) is 0.571. The molecule has 1 heterocycles. The Labute approximate surface area is 102 Å². The molecule has 0 N–H and O–H groups in total. The van der Waals surface area contributed by atoms with Crippen molar-refractivity contribution in [3.05, 3.63) is 30.1 Å². The number of rotatable bonds is 4. The molecule has 17 heavy (non-hydrogen) atoms. The second-order valence-electron chi connectivity index (χ2n) is 4.80. The number of piperidine rings is 1. The first kappa shape index (κ1) is 12.4. The van der Waals surface area contributed by atoms with Gasteiger partial charge in [-0.2, -0.15) is 0 Å². The molecule has 1 aromatic carbocycles. The van der Waals surface area contributed by atoms with Gasteiger partial charge in [0.25, 0.3) is 0 Å². The number of hydrogen-bond donors (Lipinski definition) is 0. The highest BCUT2D eigenvalue weighted by Crippen LogP contribution is 2.17. The standard InChI is InChI=1S/C14H20FNO/c1-12-6-8-16(9-7-12)10-11-17-14-5-3-2-4-13(14)15/h2-5,12H,6-11H2,1H3. The average Bonchev–Trinajstić information content (AvgIpc) is 2.34. The van der Waals surface area contributed by atoms with E-state index in [4.69, 9.17) is 4.74 Å². The molecule has 2 rings (SSSR count). The third-order valence-corrected chi connectivity index (χ3v) is 3.38. The highest BCUT2D eigenvalue weighted by Gasteiger charge is 2.15. The summed E-state index contributed by atoms with van der Waals surface area (Å²) in [6.07, 6.45) is 2.53. The molecule has 0 atom stereocenters. The predicted octanol–water partition coefficient (Wildman–Crippen LogP) is 2.94. The first-order valence-corrected chi connectivity index (χ1v) is 6.35. The van der Waals surface area contributed by atoms with Gasteiger partial charge in [-0.05, 0) is 44.0 Å². The highest BCUT2D eigenvalue weighted by atomic mass is 19.1. The topological polar surface area (TPSA) is 12.5 Å². The monoisotopic (exact) mass is 237 g/mol. The molecule has 1 aliphatic rings. The Morgan fingerprint density at radius 2 is 2.00 bits per heavy atom. The Morgan fingerprint density at radius 1 is 1.29 bits per heavy atom. The van der Waals surface area contributed by atoms with E-state index in [1.54, 1.807) is 18.2 Å². The van der Waals surface area contributed by atoms with Gasteiger partial charge in [-0.3, -0.25) is 4.90 Å². The van der Waals surface area contributed by atoms with Crippen LogP contribution in [0.4, 0.5) is 4.39 Å². The molecule has 3 heteroatoms. The van der Waals surface area contributed by atoms with E-state index in [0.717, 1.165) is 25.6 Å². The molecule has 1 aromatic rings. The van der Waals surface area contributed by atoms with Crippen molar-refractivity contribution in [3.8, 4) is 5.75 Å². The Morgan fingerprint density at radius 3 is 2.71 bits per heavy atom. The van der Waals surface area contributed by atoms with Gasteiger partial charge in [0.15, 0.2) is 11.6 Å². The maximum absolute atomic E-state index is 13.3. The summed E-state index contributed by atoms with van der Waals surface area (Å²) < 4.78 is 18.7. The molecule has 1 aliphatic heterocycles. The first-order chi connectivity index (χ1) is 8.25. The summed E-state index contributed by atoms with van der Waals surface area (Å²) in [5, 5.41) is 0. The van der Waals surface area contributed by atoms with Crippen LogP contribution in [0.25, 0.3) is 0 Å². The number of para-hydroxylation sites is 1. The number of nitrogens with zero attached hydrogens (tertiary/aromatic N) is 1. The van der Waals surface area contributed by atoms with Crippen LogP contribution >= 0.6 is 0 Å². The lowest BCUT2D eigenvalue weighted by atomic mass is 9.99. The van der Waals surface area contributed by atoms with E-state index >= 15 is 0 Å². The largest absolute Gasteiger partial charge is 0.489 e. The predicted molar refractivity (Wildman–Crippen MR) is 66.7 cm³/mol. The van der Waals surface area contributed by atoms with Crippen molar-refractivity contribution in [2.24, 2.45) is 5.92 Å². The molecule has 0 bridgehead atoms. The van der Waals surface area contributed by atoms with Crippen LogP contribution in [0.5, 0.6) is 5.75 Å². The smallest absolute Gasteiger partial charge is 0.165 e. The van der Waals surface area contributed by atoms with Crippen LogP contribution in [0.2, 0.25) is 0 Å². The maximum atomic E-state index is 13.3. The summed E-state index contributed by atoms with van der Waals surface area (Å²) in [4.78, 5) is 2.39. The minimum absolute atomic E-state index is 0.278. The van der Waals surface area contributed by atoms with Crippen molar-refractivity contribution in [1.29, 1.82) is 0 Å². The molecule has 0 unspecified atom stereocenters. The SMILES string of the molecule is CC1CCN(CCOc2ccccc2F)CC1. The van der Waals surface area contributed by atoms with Crippen LogP contribution in [0.15, 0.2) is 24.3 Å². The summed E-state index contributed by atoms with van der Waals surface area (Å²) in [7, 11) is 0. The normalized spacial score (nSPS) is 18.2. The Kier molecular flexibility index (Phi) is 4.37. The first-order valence-electron chi connectivity index (χ1n) is 6.35. The van der Waals surface area contributed by atoms with Crippen molar-refractivity contribution in [3.63, 3.8) is 0 Å². The average molecular weight is 237 g/mol. The number of halogens is 1. The molecule has 94 valence electrons. The van der Waals surface area contributed by atoms with Gasteiger partial charge >= 0.3 is 0 Å². The zero-order valence-electron chi connectivity index (χ0n) is 10.4. The Bertz CT molecular complexity index is 348. The van der Waals surface area contributed by atoms with Gasteiger partial charge in [0, 0.05) is 6.54 Å². The van der Waals surface area contributed by atoms with E-state index in [0.29, 0.717) is 12.4 Å². The molecule has 1 saturated heterocycles. The van der Waals surface area contributed by atoms with Crippen molar-refractivity contribution in [2.75, 3.05) is 26.2 Å². The third-order valence-electron chi connectivity index (χ3n) is 3.38. The summed E-state index contributed by atoms with van der Waals surface area (Å²) in [6, 6.07) is 6.57. The fourth-order valence-electron chi connectivity index (χ4n) is 2.13. The number of likely N-dealkylation sites (tertiary alicyclic amines) is 1. The van der Waals surface area contributed by atoms with E-state index in [2.05, 4.69) is 11.8 Å². The van der Waals surface area contributed by atoms with Gasteiger partial charge in [-0.15, -0.1) is 0 Å². The van der Waals surface area contributed by atoms with Crippen molar-refractivity contribution >= 4 is 0 Å². The minimum atomic E-state index is -0.278. The summed E-state index contributed by atoms with van der Waals surface area (Å²) in [5.41, 5.74) is 0. The lowest BCUT2D eigenvalue weighted by molar-refractivity contribution is 0.158. The van der Waals surface area contributed by atoms with Gasteiger partial charge in [0.2, 0.25) is 0 Å². The second kappa shape index (κ2) is 6.01. The molecule has 2 nitrogen and oxygen atoms in total. The summed E-state index contributed by atoms with van der Waals surface area (Å²) in [6.45, 7) is 6.03. The maximum Gasteiger partial charge on any atom is 0.165 e. The molecule has 0 radical (unpaired) electrons. The van der Waals surface area contributed by atoms with Crippen LogP contribution in [-0.4, -0.2) is 31.1 Å². The summed E-state index contributed by atoms with van der Waals surface area (Å²) >= 11 is 0. The molecule has 0 spiro atoms. The molecule has 0 aromatic heterocycles. The van der Waals surface area contributed by atoms with E-state index in [1.165, 1.54) is 18.9 Å². The van der Waals surface area contributed by atoms with Crippen LogP contribution in [0, 0.1) is 11.7 Å². The van der Waals surface area contributed by atoms with Gasteiger partial charge in [0.1, 0.15) is 6.61 Å². The third kappa shape index (κ3) is 3.70. The van der Waals surface area contributed by atoms with Crippen LogP contribution in [0.1, 0.15) is 19.8 Å². The van der Waals surface area contributed by atoms with Gasteiger partial charge in [0.05, 0.1) is 0 Å². The highest BCUT2D eigenvalue weighted by molar-refractivity contribution is 5.23. The molecule has 0 amide bonds. The number of hydrogen-bond acceptors (Lipinski definition) is 2. The van der Waals surface area contributed by atoms with Gasteiger partial charge in [-0.25, -0.2) is 4.39 Å². The number of benzene rings is 1. The van der Waals surface area contributed by atoms with Gasteiger partial charge in [-0.1, -0.05) is 19.1 Å². The van der Waals surface area contributed by atoms with Crippen LogP contribution in [0.3, 0.4) is 0 Å². The van der Waals surface area contributed by atoms with Gasteiger partial charge < -0.3 is 4.74 Å². The zero-order chi connectivity index (χ0) is 12.1. The quantitative estimate of drug-likeness (QED) is 0.798. The van der Waals surface area contributed by atoms with E-state index in [1.807, 2.05) is 0 Å². The Hall–Kier alpha value is -1.09. The van der Waals surface area contributed by atoms with Crippen LogP contribution in [-0.2, 0) is 0 Å². The molecular weight excluding hydrogens is 217 g/mol. The lowest BCUT2D eigenvalue weighted by Crippen LogP contribution is -2.35. The Balaban J connectivity index is 1.71. The molecule has 1 fully saturated rings. The van der Waals surface area contributed by atoms with Crippen LogP contribution < -0.4 is 4.74 Å². The van der Waals surface area contributed by atoms with Crippen molar-refractivity contribution in [1.82, 2.24) is 4.90 Å². The molecular formula is C14H20FNO. The van der Waals surface area contributed by atoms with E-state index in [-0.39, 0.29) is 5.82 Å². The van der Waals surface area contributed by atoms with Crippen molar-refractivity contribution in [2.45, 2.75) is 19.8 Å². The fourth-order valence-corrected chi connectivity index (χ4v) is 2.13. The van der Waals surface area contributed by atoms with Crippen molar-refractivity contribution < 1.29 is 9.13 Å². The molecule has 0 aliphatic carbocycles. The molecule has 0 saturated carbocycles. The lowest BCUT2D eigenvalue weighted by Gasteiger charge is -2.29. The van der Waals surface area contributed by atoms with E-state index in [9.17, 15) is 4.39 Å². The zero-order valence-corrected chi connectivity index (χ0v) is 10.4. The summed E-state index contributed by atoms with van der Waals surface area (Å²) in [5.74, 6) is 0.927.